The molecular formula is C13H17ClN2O2. The predicted octanol–water partition coefficient (Wildman–Crippen LogP) is 1.63. The summed E-state index contributed by atoms with van der Waals surface area (Å²) in [5.41, 5.74) is 1.46. The summed E-state index contributed by atoms with van der Waals surface area (Å²) >= 11 is 5.70. The molecule has 0 aliphatic rings. The molecule has 18 heavy (non-hydrogen) atoms. The Morgan fingerprint density at radius 3 is 2.67 bits per heavy atom. The normalized spacial score (nSPS) is 9.94. The number of hydrogen-bond acceptors (Lipinski definition) is 2. The summed E-state index contributed by atoms with van der Waals surface area (Å²) < 4.78 is 0. The van der Waals surface area contributed by atoms with Crippen molar-refractivity contribution in [3.8, 4) is 0 Å². The molecule has 0 saturated carbocycles. The molecule has 0 spiro atoms. The van der Waals surface area contributed by atoms with Crippen molar-refractivity contribution in [2.75, 3.05) is 20.6 Å². The molecule has 0 radical (unpaired) electrons. The number of carbonyl (C=O) groups is 2. The monoisotopic (exact) mass is 268 g/mol. The number of benzene rings is 1. The van der Waals surface area contributed by atoms with Crippen LogP contribution in [0.3, 0.4) is 0 Å². The van der Waals surface area contributed by atoms with Gasteiger partial charge in [0.15, 0.2) is 0 Å². The number of carbonyl (C=O) groups excluding carboxylic acids is 2. The maximum absolute atomic E-state index is 11.8. The van der Waals surface area contributed by atoms with Crippen LogP contribution in [-0.4, -0.2) is 37.4 Å². The highest BCUT2D eigenvalue weighted by Crippen LogP contribution is 2.07. The molecule has 0 bridgehead atoms. The molecule has 2 amide bonds. The second kappa shape index (κ2) is 7.01. The second-order valence-electron chi connectivity index (χ2n) is 4.13. The third kappa shape index (κ3) is 4.37. The van der Waals surface area contributed by atoms with Crippen LogP contribution in [-0.2, 0) is 10.7 Å². The van der Waals surface area contributed by atoms with Crippen LogP contribution in [0.1, 0.15) is 22.3 Å². The molecule has 0 aliphatic carbocycles. The van der Waals surface area contributed by atoms with Crippen molar-refractivity contribution in [2.24, 2.45) is 0 Å². The van der Waals surface area contributed by atoms with Crippen LogP contribution in [0.2, 0.25) is 0 Å². The van der Waals surface area contributed by atoms with E-state index >= 15 is 0 Å². The molecule has 5 heteroatoms. The summed E-state index contributed by atoms with van der Waals surface area (Å²) in [6, 6.07) is 7.12. The van der Waals surface area contributed by atoms with Gasteiger partial charge in [-0.1, -0.05) is 12.1 Å². The van der Waals surface area contributed by atoms with Gasteiger partial charge in [-0.2, -0.15) is 0 Å². The highest BCUT2D eigenvalue weighted by atomic mass is 35.5. The van der Waals surface area contributed by atoms with E-state index in [0.29, 0.717) is 24.4 Å². The topological polar surface area (TPSA) is 49.4 Å². The minimum atomic E-state index is -0.187. The van der Waals surface area contributed by atoms with Gasteiger partial charge in [0.2, 0.25) is 5.91 Å². The van der Waals surface area contributed by atoms with Gasteiger partial charge in [-0.3, -0.25) is 9.59 Å². The standard InChI is InChI=1S/C13H17ClN2O2/c1-16(2)12(17)6-7-15-13(18)11-5-3-4-10(8-11)9-14/h3-5,8H,6-7,9H2,1-2H3,(H,15,18). The first kappa shape index (κ1) is 14.5. The maximum atomic E-state index is 11.8. The summed E-state index contributed by atoms with van der Waals surface area (Å²) in [7, 11) is 3.38. The van der Waals surface area contributed by atoms with Gasteiger partial charge >= 0.3 is 0 Å². The van der Waals surface area contributed by atoms with E-state index in [0.717, 1.165) is 5.56 Å². The minimum Gasteiger partial charge on any atom is -0.352 e. The number of halogens is 1. The van der Waals surface area contributed by atoms with Gasteiger partial charge < -0.3 is 10.2 Å². The second-order valence-corrected chi connectivity index (χ2v) is 4.40. The Morgan fingerprint density at radius 2 is 2.06 bits per heavy atom. The molecule has 0 atom stereocenters. The predicted molar refractivity (Wildman–Crippen MR) is 71.6 cm³/mol. The summed E-state index contributed by atoms with van der Waals surface area (Å²) in [6.07, 6.45) is 0.300. The van der Waals surface area contributed by atoms with Gasteiger partial charge in [-0.05, 0) is 17.7 Å². The lowest BCUT2D eigenvalue weighted by molar-refractivity contribution is -0.128. The number of rotatable bonds is 5. The lowest BCUT2D eigenvalue weighted by Crippen LogP contribution is -2.30. The first-order valence-corrected chi connectivity index (χ1v) is 6.21. The lowest BCUT2D eigenvalue weighted by Gasteiger charge is -2.10. The Kier molecular flexibility index (Phi) is 5.65. The molecule has 1 aromatic rings. The summed E-state index contributed by atoms with van der Waals surface area (Å²) in [5.74, 6) is 0.179. The molecule has 0 saturated heterocycles. The van der Waals surface area contributed by atoms with Crippen LogP contribution in [0.4, 0.5) is 0 Å². The maximum Gasteiger partial charge on any atom is 0.251 e. The largest absolute Gasteiger partial charge is 0.352 e. The quantitative estimate of drug-likeness (QED) is 0.826. The SMILES string of the molecule is CN(C)C(=O)CCNC(=O)c1cccc(CCl)c1. The van der Waals surface area contributed by atoms with Crippen molar-refractivity contribution >= 4 is 23.4 Å². The van der Waals surface area contributed by atoms with E-state index in [1.165, 1.54) is 4.90 Å². The average molecular weight is 269 g/mol. The molecule has 0 fully saturated rings. The van der Waals surface area contributed by atoms with Crippen LogP contribution < -0.4 is 5.32 Å². The molecular weight excluding hydrogens is 252 g/mol. The van der Waals surface area contributed by atoms with Crippen molar-refractivity contribution in [1.29, 1.82) is 0 Å². The summed E-state index contributed by atoms with van der Waals surface area (Å²) in [6.45, 7) is 0.334. The molecule has 0 aliphatic heterocycles. The van der Waals surface area contributed by atoms with Crippen molar-refractivity contribution in [1.82, 2.24) is 10.2 Å². The zero-order valence-electron chi connectivity index (χ0n) is 10.6. The van der Waals surface area contributed by atoms with Crippen molar-refractivity contribution < 1.29 is 9.59 Å². The molecule has 4 nitrogen and oxygen atoms in total. The van der Waals surface area contributed by atoms with Crippen molar-refractivity contribution in [2.45, 2.75) is 12.3 Å². The summed E-state index contributed by atoms with van der Waals surface area (Å²) in [5, 5.41) is 2.71. The van der Waals surface area contributed by atoms with E-state index in [4.69, 9.17) is 11.6 Å². The average Bonchev–Trinajstić information content (AvgIpc) is 2.38. The van der Waals surface area contributed by atoms with Gasteiger partial charge in [0.25, 0.3) is 5.91 Å². The fourth-order valence-electron chi connectivity index (χ4n) is 1.40. The first-order valence-electron chi connectivity index (χ1n) is 5.68. The lowest BCUT2D eigenvalue weighted by atomic mass is 10.1. The van der Waals surface area contributed by atoms with Gasteiger partial charge in [0, 0.05) is 38.5 Å². The Hall–Kier alpha value is -1.55. The number of amides is 2. The van der Waals surface area contributed by atoms with E-state index in [2.05, 4.69) is 5.32 Å². The molecule has 0 unspecified atom stereocenters. The highest BCUT2D eigenvalue weighted by molar-refractivity contribution is 6.17. The molecule has 0 heterocycles. The summed E-state index contributed by atoms with van der Waals surface area (Å²) in [4.78, 5) is 24.6. The van der Waals surface area contributed by atoms with Gasteiger partial charge in [0.1, 0.15) is 0 Å². The smallest absolute Gasteiger partial charge is 0.251 e. The number of alkyl halides is 1. The Balaban J connectivity index is 2.48. The zero-order chi connectivity index (χ0) is 13.5. The van der Waals surface area contributed by atoms with Crippen LogP contribution in [0.15, 0.2) is 24.3 Å². The van der Waals surface area contributed by atoms with Crippen LogP contribution in [0, 0.1) is 0 Å². The third-order valence-electron chi connectivity index (χ3n) is 2.47. The number of nitrogens with one attached hydrogen (secondary N) is 1. The number of nitrogens with zero attached hydrogens (tertiary/aromatic N) is 1. The van der Waals surface area contributed by atoms with E-state index in [-0.39, 0.29) is 11.8 Å². The third-order valence-corrected chi connectivity index (χ3v) is 2.78. The fraction of sp³-hybridized carbons (Fsp3) is 0.385. The van der Waals surface area contributed by atoms with E-state index in [1.54, 1.807) is 32.3 Å². The molecule has 1 aromatic carbocycles. The minimum absolute atomic E-state index is 0.00944. The van der Waals surface area contributed by atoms with Crippen LogP contribution >= 0.6 is 11.6 Å². The molecule has 1 N–H and O–H groups in total. The zero-order valence-corrected chi connectivity index (χ0v) is 11.3. The number of hydrogen-bond donors (Lipinski definition) is 1. The van der Waals surface area contributed by atoms with Gasteiger partial charge in [0.05, 0.1) is 0 Å². The van der Waals surface area contributed by atoms with Gasteiger partial charge in [-0.25, -0.2) is 0 Å². The van der Waals surface area contributed by atoms with E-state index < -0.39 is 0 Å². The molecule has 1 rings (SSSR count). The highest BCUT2D eigenvalue weighted by Gasteiger charge is 2.08. The van der Waals surface area contributed by atoms with E-state index in [9.17, 15) is 9.59 Å². The Bertz CT molecular complexity index is 433. The van der Waals surface area contributed by atoms with E-state index in [1.807, 2.05) is 6.07 Å². The van der Waals surface area contributed by atoms with Crippen LogP contribution in [0.5, 0.6) is 0 Å². The fourth-order valence-corrected chi connectivity index (χ4v) is 1.57. The van der Waals surface area contributed by atoms with Crippen molar-refractivity contribution in [3.63, 3.8) is 0 Å². The molecule has 98 valence electrons. The van der Waals surface area contributed by atoms with Crippen molar-refractivity contribution in [3.05, 3.63) is 35.4 Å². The first-order chi connectivity index (χ1) is 8.54. The van der Waals surface area contributed by atoms with Gasteiger partial charge in [-0.15, -0.1) is 11.6 Å². The molecule has 0 aromatic heterocycles. The van der Waals surface area contributed by atoms with Crippen LogP contribution in [0.25, 0.3) is 0 Å². The Morgan fingerprint density at radius 1 is 1.33 bits per heavy atom. The Labute approximate surface area is 112 Å².